The van der Waals surface area contributed by atoms with Crippen LogP contribution >= 0.6 is 11.8 Å². The van der Waals surface area contributed by atoms with Gasteiger partial charge in [-0.1, -0.05) is 0 Å². The fourth-order valence-corrected chi connectivity index (χ4v) is 2.83. The van der Waals surface area contributed by atoms with E-state index >= 15 is 0 Å². The summed E-state index contributed by atoms with van der Waals surface area (Å²) < 4.78 is 0. The van der Waals surface area contributed by atoms with Crippen LogP contribution in [0.2, 0.25) is 0 Å². The standard InChI is InChI=1S/C9H14N2O3S/c12-8(13)1-6-2-11(3-6)9(14)7-4-15-5-10-7/h6-7,10H,1-5H2,(H,12,13). The molecule has 0 aliphatic carbocycles. The maximum atomic E-state index is 11.8. The third kappa shape index (κ3) is 2.43. The van der Waals surface area contributed by atoms with Gasteiger partial charge in [0.05, 0.1) is 12.5 Å². The molecule has 0 radical (unpaired) electrons. The second-order valence-corrected chi connectivity index (χ2v) is 5.01. The molecule has 84 valence electrons. The molecule has 2 saturated heterocycles. The van der Waals surface area contributed by atoms with Crippen LogP contribution in [-0.2, 0) is 9.59 Å². The Morgan fingerprint density at radius 3 is 2.73 bits per heavy atom. The molecule has 1 atom stereocenters. The van der Waals surface area contributed by atoms with E-state index in [2.05, 4.69) is 5.32 Å². The average Bonchev–Trinajstić information content (AvgIpc) is 2.61. The molecule has 0 saturated carbocycles. The summed E-state index contributed by atoms with van der Waals surface area (Å²) in [5.41, 5.74) is 0. The van der Waals surface area contributed by atoms with Crippen molar-refractivity contribution in [1.82, 2.24) is 10.2 Å². The van der Waals surface area contributed by atoms with Crippen LogP contribution in [-0.4, -0.2) is 52.6 Å². The lowest BCUT2D eigenvalue weighted by molar-refractivity contribution is -0.145. The summed E-state index contributed by atoms with van der Waals surface area (Å²) in [6.07, 6.45) is 0.177. The van der Waals surface area contributed by atoms with E-state index < -0.39 is 5.97 Å². The number of rotatable bonds is 3. The van der Waals surface area contributed by atoms with Crippen LogP contribution in [0, 0.1) is 5.92 Å². The number of thioether (sulfide) groups is 1. The van der Waals surface area contributed by atoms with E-state index in [-0.39, 0.29) is 24.3 Å². The summed E-state index contributed by atoms with van der Waals surface area (Å²) in [5.74, 6) is 1.17. The van der Waals surface area contributed by atoms with Gasteiger partial charge in [-0.2, -0.15) is 0 Å². The highest BCUT2D eigenvalue weighted by atomic mass is 32.2. The molecule has 0 spiro atoms. The molecule has 2 fully saturated rings. The van der Waals surface area contributed by atoms with Gasteiger partial charge in [0.2, 0.25) is 5.91 Å². The van der Waals surface area contributed by atoms with Crippen LogP contribution in [0.15, 0.2) is 0 Å². The van der Waals surface area contributed by atoms with Crippen molar-refractivity contribution < 1.29 is 14.7 Å². The number of carbonyl (C=O) groups is 2. The Hall–Kier alpha value is -0.750. The highest BCUT2D eigenvalue weighted by Gasteiger charge is 2.36. The molecule has 2 aliphatic rings. The Labute approximate surface area is 92.2 Å². The van der Waals surface area contributed by atoms with Crippen molar-refractivity contribution in [3.05, 3.63) is 0 Å². The van der Waals surface area contributed by atoms with Gasteiger partial charge in [-0.05, 0) is 0 Å². The normalized spacial score (nSPS) is 26.4. The fourth-order valence-electron chi connectivity index (χ4n) is 1.90. The molecule has 0 aromatic carbocycles. The number of hydrogen-bond donors (Lipinski definition) is 2. The minimum absolute atomic E-state index is 0.0548. The zero-order chi connectivity index (χ0) is 10.8. The van der Waals surface area contributed by atoms with Crippen molar-refractivity contribution in [3.8, 4) is 0 Å². The molecule has 6 heteroatoms. The quantitative estimate of drug-likeness (QED) is 0.689. The van der Waals surface area contributed by atoms with Crippen molar-refractivity contribution in [2.24, 2.45) is 5.92 Å². The summed E-state index contributed by atoms with van der Waals surface area (Å²) in [6, 6.07) is -0.0548. The largest absolute Gasteiger partial charge is 0.481 e. The summed E-state index contributed by atoms with van der Waals surface area (Å²) >= 11 is 1.72. The van der Waals surface area contributed by atoms with Crippen LogP contribution in [0.1, 0.15) is 6.42 Å². The van der Waals surface area contributed by atoms with Gasteiger partial charge in [0.25, 0.3) is 0 Å². The molecule has 1 unspecified atom stereocenters. The van der Waals surface area contributed by atoms with Crippen molar-refractivity contribution in [2.45, 2.75) is 12.5 Å². The average molecular weight is 230 g/mol. The predicted octanol–water partition coefficient (Wildman–Crippen LogP) is -0.418. The van der Waals surface area contributed by atoms with E-state index in [9.17, 15) is 9.59 Å². The Morgan fingerprint density at radius 1 is 1.47 bits per heavy atom. The van der Waals surface area contributed by atoms with E-state index in [1.165, 1.54) is 0 Å². The summed E-state index contributed by atoms with van der Waals surface area (Å²) in [5, 5.41) is 11.7. The molecule has 15 heavy (non-hydrogen) atoms. The monoisotopic (exact) mass is 230 g/mol. The number of nitrogens with zero attached hydrogens (tertiary/aromatic N) is 1. The first-order valence-electron chi connectivity index (χ1n) is 4.98. The molecular weight excluding hydrogens is 216 g/mol. The Kier molecular flexibility index (Phi) is 3.16. The second kappa shape index (κ2) is 4.40. The minimum atomic E-state index is -0.776. The topological polar surface area (TPSA) is 69.6 Å². The van der Waals surface area contributed by atoms with E-state index in [1.807, 2.05) is 0 Å². The lowest BCUT2D eigenvalue weighted by atomic mass is 9.95. The number of carbonyl (C=O) groups excluding carboxylic acids is 1. The highest BCUT2D eigenvalue weighted by Crippen LogP contribution is 2.21. The Morgan fingerprint density at radius 2 is 2.20 bits per heavy atom. The zero-order valence-electron chi connectivity index (χ0n) is 8.31. The number of carboxylic acid groups (broad SMARTS) is 1. The van der Waals surface area contributed by atoms with Crippen LogP contribution in [0.4, 0.5) is 0 Å². The number of amides is 1. The van der Waals surface area contributed by atoms with Gasteiger partial charge in [-0.3, -0.25) is 14.9 Å². The number of nitrogens with one attached hydrogen (secondary N) is 1. The minimum Gasteiger partial charge on any atom is -0.481 e. The van der Waals surface area contributed by atoms with E-state index in [1.54, 1.807) is 16.7 Å². The van der Waals surface area contributed by atoms with E-state index in [0.29, 0.717) is 13.1 Å². The number of aliphatic carboxylic acids is 1. The maximum Gasteiger partial charge on any atom is 0.303 e. The predicted molar refractivity (Wildman–Crippen MR) is 56.6 cm³/mol. The van der Waals surface area contributed by atoms with Gasteiger partial charge in [0.1, 0.15) is 0 Å². The van der Waals surface area contributed by atoms with Gasteiger partial charge in [-0.15, -0.1) is 11.8 Å². The molecule has 2 N–H and O–H groups in total. The molecule has 0 aromatic heterocycles. The van der Waals surface area contributed by atoms with Crippen molar-refractivity contribution in [2.75, 3.05) is 24.7 Å². The Balaban J connectivity index is 1.74. The molecular formula is C9H14N2O3S. The summed E-state index contributed by atoms with van der Waals surface area (Å²) in [6.45, 7) is 1.21. The van der Waals surface area contributed by atoms with E-state index in [0.717, 1.165) is 11.6 Å². The Bertz CT molecular complexity index is 273. The summed E-state index contributed by atoms with van der Waals surface area (Å²) in [4.78, 5) is 23.9. The van der Waals surface area contributed by atoms with Gasteiger partial charge in [0.15, 0.2) is 0 Å². The number of likely N-dealkylation sites (tertiary alicyclic amines) is 1. The van der Waals surface area contributed by atoms with Gasteiger partial charge < -0.3 is 10.0 Å². The highest BCUT2D eigenvalue weighted by molar-refractivity contribution is 7.99. The van der Waals surface area contributed by atoms with Crippen molar-refractivity contribution >= 4 is 23.6 Å². The molecule has 0 bridgehead atoms. The molecule has 5 nitrogen and oxygen atoms in total. The molecule has 2 aliphatic heterocycles. The number of carboxylic acids is 1. The molecule has 0 aromatic rings. The van der Waals surface area contributed by atoms with Gasteiger partial charge >= 0.3 is 5.97 Å². The first-order chi connectivity index (χ1) is 7.16. The third-order valence-corrected chi connectivity index (χ3v) is 3.69. The maximum absolute atomic E-state index is 11.8. The van der Waals surface area contributed by atoms with Gasteiger partial charge in [0, 0.05) is 30.6 Å². The zero-order valence-corrected chi connectivity index (χ0v) is 9.13. The lowest BCUT2D eigenvalue weighted by Crippen LogP contribution is -2.56. The van der Waals surface area contributed by atoms with Gasteiger partial charge in [-0.25, -0.2) is 0 Å². The molecule has 2 rings (SSSR count). The van der Waals surface area contributed by atoms with Crippen molar-refractivity contribution in [1.29, 1.82) is 0 Å². The van der Waals surface area contributed by atoms with Crippen molar-refractivity contribution in [3.63, 3.8) is 0 Å². The summed E-state index contributed by atoms with van der Waals surface area (Å²) in [7, 11) is 0. The molecule has 1 amide bonds. The van der Waals surface area contributed by atoms with E-state index in [4.69, 9.17) is 5.11 Å². The second-order valence-electron chi connectivity index (χ2n) is 3.98. The first kappa shape index (κ1) is 10.8. The van der Waals surface area contributed by atoms with Crippen LogP contribution in [0.25, 0.3) is 0 Å². The van der Waals surface area contributed by atoms with Crippen LogP contribution < -0.4 is 5.32 Å². The third-order valence-electron chi connectivity index (χ3n) is 2.75. The first-order valence-corrected chi connectivity index (χ1v) is 6.14. The smallest absolute Gasteiger partial charge is 0.303 e. The lowest BCUT2D eigenvalue weighted by Gasteiger charge is -2.39. The SMILES string of the molecule is O=C(O)CC1CN(C(=O)C2CSCN2)C1. The van der Waals surface area contributed by atoms with Crippen LogP contribution in [0.3, 0.4) is 0 Å². The number of hydrogen-bond acceptors (Lipinski definition) is 4. The van der Waals surface area contributed by atoms with Crippen LogP contribution in [0.5, 0.6) is 0 Å². The fraction of sp³-hybridized carbons (Fsp3) is 0.778. The molecule has 2 heterocycles.